The number of carbonyl (C=O) groups excluding carboxylic acids is 3. The summed E-state index contributed by atoms with van der Waals surface area (Å²) in [5.41, 5.74) is 0. The van der Waals surface area contributed by atoms with E-state index in [4.69, 9.17) is 14.2 Å². The Kier molecular flexibility index (Phi) is 35.0. The molecule has 1 atom stereocenters. The number of rotatable bonds is 37. The highest BCUT2D eigenvalue weighted by Gasteiger charge is 2.19. The highest BCUT2D eigenvalue weighted by Crippen LogP contribution is 2.16. The number of unbranched alkanes of at least 4 members (excludes halogenated alkanes) is 22. The molecule has 0 radical (unpaired) electrons. The lowest BCUT2D eigenvalue weighted by Crippen LogP contribution is -2.30. The quantitative estimate of drug-likeness (QED) is 0.0366. The molecule has 0 heterocycles. The van der Waals surface area contributed by atoms with Crippen molar-refractivity contribution in [3.05, 3.63) is 0 Å². The summed E-state index contributed by atoms with van der Waals surface area (Å²) in [4.78, 5) is 37.5. The second-order valence-electron chi connectivity index (χ2n) is 15.6. The molecule has 0 spiro atoms. The molecule has 0 amide bonds. The molecule has 0 aromatic rings. The van der Waals surface area contributed by atoms with Crippen LogP contribution in [0, 0.1) is 11.8 Å². The van der Waals surface area contributed by atoms with Crippen LogP contribution in [0.1, 0.15) is 227 Å². The molecule has 0 aromatic carbocycles. The lowest BCUT2D eigenvalue weighted by molar-refractivity contribution is -0.167. The van der Waals surface area contributed by atoms with Gasteiger partial charge in [-0.3, -0.25) is 14.4 Å². The van der Waals surface area contributed by atoms with E-state index < -0.39 is 6.10 Å². The van der Waals surface area contributed by atoms with Gasteiger partial charge in [0.1, 0.15) is 13.2 Å². The van der Waals surface area contributed by atoms with Gasteiger partial charge in [-0.1, -0.05) is 189 Å². The molecule has 290 valence electrons. The molecule has 0 fully saturated rings. The van der Waals surface area contributed by atoms with Crippen LogP contribution in [0.15, 0.2) is 0 Å². The van der Waals surface area contributed by atoms with Gasteiger partial charge in [-0.05, 0) is 31.1 Å². The SMILES string of the molecule is CCCCCCCCCCCCC(=O)OC[C@@H](COC(=O)CCCCCCCCCCC(C)C)OC(=O)CCCCCCCCCC(C)C. The first kappa shape index (κ1) is 47.4. The summed E-state index contributed by atoms with van der Waals surface area (Å²) in [6, 6.07) is 0. The van der Waals surface area contributed by atoms with Gasteiger partial charge in [-0.2, -0.15) is 0 Å². The molecule has 0 aromatic heterocycles. The minimum absolute atomic E-state index is 0.0663. The highest BCUT2D eigenvalue weighted by molar-refractivity contribution is 5.71. The van der Waals surface area contributed by atoms with Crippen LogP contribution in [-0.4, -0.2) is 37.2 Å². The summed E-state index contributed by atoms with van der Waals surface area (Å²) in [6.07, 6.45) is 32.4. The zero-order valence-corrected chi connectivity index (χ0v) is 33.3. The van der Waals surface area contributed by atoms with Crippen molar-refractivity contribution in [2.75, 3.05) is 13.2 Å². The molecule has 0 saturated heterocycles. The molecule has 0 N–H and O–H groups in total. The van der Waals surface area contributed by atoms with Gasteiger partial charge in [0.05, 0.1) is 0 Å². The van der Waals surface area contributed by atoms with Crippen LogP contribution in [0.3, 0.4) is 0 Å². The number of ether oxygens (including phenoxy) is 3. The Bertz CT molecular complexity index is 749. The van der Waals surface area contributed by atoms with Gasteiger partial charge in [0.2, 0.25) is 0 Å². The summed E-state index contributed by atoms with van der Waals surface area (Å²) >= 11 is 0. The molecule has 0 bridgehead atoms. The Hall–Kier alpha value is -1.59. The van der Waals surface area contributed by atoms with Crippen molar-refractivity contribution in [2.45, 2.75) is 233 Å². The largest absolute Gasteiger partial charge is 0.462 e. The molecule has 0 aliphatic heterocycles. The van der Waals surface area contributed by atoms with Crippen molar-refractivity contribution in [3.63, 3.8) is 0 Å². The Morgan fingerprint density at radius 2 is 0.673 bits per heavy atom. The van der Waals surface area contributed by atoms with Crippen molar-refractivity contribution in [1.29, 1.82) is 0 Å². The monoisotopic (exact) mass is 695 g/mol. The second kappa shape index (κ2) is 36.2. The van der Waals surface area contributed by atoms with Gasteiger partial charge >= 0.3 is 17.9 Å². The number of hydrogen-bond donors (Lipinski definition) is 0. The van der Waals surface area contributed by atoms with E-state index in [0.29, 0.717) is 19.3 Å². The maximum atomic E-state index is 12.6. The molecule has 49 heavy (non-hydrogen) atoms. The third kappa shape index (κ3) is 37.5. The smallest absolute Gasteiger partial charge is 0.306 e. The Morgan fingerprint density at radius 3 is 1.00 bits per heavy atom. The van der Waals surface area contributed by atoms with Crippen LogP contribution in [0.5, 0.6) is 0 Å². The average molecular weight is 695 g/mol. The number of hydrogen-bond acceptors (Lipinski definition) is 6. The zero-order valence-electron chi connectivity index (χ0n) is 33.3. The molecule has 0 saturated carbocycles. The zero-order chi connectivity index (χ0) is 36.2. The van der Waals surface area contributed by atoms with E-state index in [-0.39, 0.29) is 31.1 Å². The van der Waals surface area contributed by atoms with Gasteiger partial charge < -0.3 is 14.2 Å². The Balaban J connectivity index is 4.35. The van der Waals surface area contributed by atoms with E-state index >= 15 is 0 Å². The molecule has 0 aliphatic carbocycles. The lowest BCUT2D eigenvalue weighted by atomic mass is 10.0. The third-order valence-electron chi connectivity index (χ3n) is 9.47. The maximum absolute atomic E-state index is 12.6. The van der Waals surface area contributed by atoms with Crippen LogP contribution < -0.4 is 0 Å². The molecule has 6 nitrogen and oxygen atoms in total. The van der Waals surface area contributed by atoms with Crippen molar-refractivity contribution < 1.29 is 28.6 Å². The topological polar surface area (TPSA) is 78.9 Å². The van der Waals surface area contributed by atoms with Gasteiger partial charge in [-0.25, -0.2) is 0 Å². The molecular formula is C43H82O6. The van der Waals surface area contributed by atoms with Gasteiger partial charge in [0, 0.05) is 19.3 Å². The first-order valence-corrected chi connectivity index (χ1v) is 21.2. The third-order valence-corrected chi connectivity index (χ3v) is 9.47. The molecular weight excluding hydrogens is 612 g/mol. The summed E-state index contributed by atoms with van der Waals surface area (Å²) in [6.45, 7) is 11.2. The van der Waals surface area contributed by atoms with Gasteiger partial charge in [0.15, 0.2) is 6.10 Å². The average Bonchev–Trinajstić information content (AvgIpc) is 3.06. The van der Waals surface area contributed by atoms with Gasteiger partial charge in [-0.15, -0.1) is 0 Å². The van der Waals surface area contributed by atoms with E-state index in [1.165, 1.54) is 116 Å². The first-order chi connectivity index (χ1) is 23.7. The van der Waals surface area contributed by atoms with Crippen molar-refractivity contribution in [2.24, 2.45) is 11.8 Å². The Morgan fingerprint density at radius 1 is 0.388 bits per heavy atom. The van der Waals surface area contributed by atoms with Crippen LogP contribution >= 0.6 is 0 Å². The van der Waals surface area contributed by atoms with Crippen molar-refractivity contribution in [1.82, 2.24) is 0 Å². The minimum atomic E-state index is -0.759. The lowest BCUT2D eigenvalue weighted by Gasteiger charge is -2.18. The number of esters is 3. The van der Waals surface area contributed by atoms with Crippen LogP contribution in [0.2, 0.25) is 0 Å². The highest BCUT2D eigenvalue weighted by atomic mass is 16.6. The van der Waals surface area contributed by atoms with E-state index in [0.717, 1.165) is 69.6 Å². The second-order valence-corrected chi connectivity index (χ2v) is 15.6. The van der Waals surface area contributed by atoms with E-state index in [2.05, 4.69) is 34.6 Å². The number of carbonyl (C=O) groups is 3. The van der Waals surface area contributed by atoms with E-state index in [1.54, 1.807) is 0 Å². The van der Waals surface area contributed by atoms with E-state index in [9.17, 15) is 14.4 Å². The van der Waals surface area contributed by atoms with Crippen LogP contribution in [-0.2, 0) is 28.6 Å². The normalized spacial score (nSPS) is 12.1. The summed E-state index contributed by atoms with van der Waals surface area (Å²) in [5, 5.41) is 0. The summed E-state index contributed by atoms with van der Waals surface area (Å²) < 4.78 is 16.6. The molecule has 6 heteroatoms. The molecule has 0 rings (SSSR count). The first-order valence-electron chi connectivity index (χ1n) is 21.2. The van der Waals surface area contributed by atoms with Crippen molar-refractivity contribution in [3.8, 4) is 0 Å². The standard InChI is InChI=1S/C43H82O6/c1-6-7-8-9-10-11-12-18-23-28-33-41(44)47-36-40(49-43(46)35-30-25-20-15-17-22-27-32-39(4)5)37-48-42(45)34-29-24-19-14-13-16-21-26-31-38(2)3/h38-40H,6-37H2,1-5H3/t40-/m0/s1. The van der Waals surface area contributed by atoms with Gasteiger partial charge in [0.25, 0.3) is 0 Å². The predicted molar refractivity (Wildman–Crippen MR) is 206 cm³/mol. The predicted octanol–water partition coefficient (Wildman–Crippen LogP) is 13.0. The fourth-order valence-electron chi connectivity index (χ4n) is 6.22. The molecule has 0 unspecified atom stereocenters. The summed E-state index contributed by atoms with van der Waals surface area (Å²) in [7, 11) is 0. The van der Waals surface area contributed by atoms with Crippen LogP contribution in [0.4, 0.5) is 0 Å². The fourth-order valence-corrected chi connectivity index (χ4v) is 6.22. The maximum Gasteiger partial charge on any atom is 0.306 e. The molecule has 0 aliphatic rings. The van der Waals surface area contributed by atoms with E-state index in [1.807, 2.05) is 0 Å². The fraction of sp³-hybridized carbons (Fsp3) is 0.930. The van der Waals surface area contributed by atoms with Crippen LogP contribution in [0.25, 0.3) is 0 Å². The van der Waals surface area contributed by atoms with Crippen molar-refractivity contribution >= 4 is 17.9 Å². The minimum Gasteiger partial charge on any atom is -0.462 e. The summed E-state index contributed by atoms with van der Waals surface area (Å²) in [5.74, 6) is 0.707. The Labute approximate surface area is 304 Å².